The van der Waals surface area contributed by atoms with E-state index in [0.29, 0.717) is 25.2 Å². The number of nitrogens with one attached hydrogen (secondary N) is 2. The largest absolute Gasteiger partial charge is 0.316 e. The van der Waals surface area contributed by atoms with Gasteiger partial charge in [0.1, 0.15) is 5.82 Å². The van der Waals surface area contributed by atoms with Gasteiger partial charge in [0, 0.05) is 19.6 Å². The summed E-state index contributed by atoms with van der Waals surface area (Å²) < 4.78 is 40.3. The predicted octanol–water partition coefficient (Wildman–Crippen LogP) is 0.775. The van der Waals surface area contributed by atoms with Gasteiger partial charge in [0.05, 0.1) is 4.90 Å². The first-order valence-electron chi connectivity index (χ1n) is 6.52. The van der Waals surface area contributed by atoms with E-state index in [9.17, 15) is 12.8 Å². The Morgan fingerprint density at radius 2 is 2.05 bits per heavy atom. The van der Waals surface area contributed by atoms with Crippen molar-refractivity contribution in [1.82, 2.24) is 14.9 Å². The zero-order valence-corrected chi connectivity index (χ0v) is 12.9. The standard InChI is InChI=1S/C13H22FN3O2S/c1-4-17(3)8-7-16-20(18,19)13-9-12(14)6-5-11(13)10-15-2/h5-6,9,15-16H,4,7-8,10H2,1-3H3. The van der Waals surface area contributed by atoms with Crippen molar-refractivity contribution in [2.45, 2.75) is 18.4 Å². The lowest BCUT2D eigenvalue weighted by atomic mass is 10.2. The molecular formula is C13H22FN3O2S. The van der Waals surface area contributed by atoms with Gasteiger partial charge in [-0.3, -0.25) is 0 Å². The van der Waals surface area contributed by atoms with E-state index in [2.05, 4.69) is 10.0 Å². The highest BCUT2D eigenvalue weighted by atomic mass is 32.2. The van der Waals surface area contributed by atoms with Crippen LogP contribution in [0, 0.1) is 5.82 Å². The van der Waals surface area contributed by atoms with Gasteiger partial charge >= 0.3 is 0 Å². The Labute approximate surface area is 120 Å². The number of halogens is 1. The maximum absolute atomic E-state index is 13.3. The molecule has 0 saturated carbocycles. The Bertz CT molecular complexity index is 534. The molecule has 0 aromatic heterocycles. The monoisotopic (exact) mass is 303 g/mol. The third-order valence-corrected chi connectivity index (χ3v) is 4.55. The molecule has 7 heteroatoms. The average Bonchev–Trinajstić information content (AvgIpc) is 2.40. The molecule has 0 fully saturated rings. The maximum atomic E-state index is 13.3. The van der Waals surface area contributed by atoms with Crippen molar-refractivity contribution in [2.75, 3.05) is 33.7 Å². The Morgan fingerprint density at radius 1 is 1.35 bits per heavy atom. The Morgan fingerprint density at radius 3 is 2.65 bits per heavy atom. The molecule has 114 valence electrons. The van der Waals surface area contributed by atoms with Crippen molar-refractivity contribution in [2.24, 2.45) is 0 Å². The van der Waals surface area contributed by atoms with Gasteiger partial charge in [-0.2, -0.15) is 0 Å². The first-order chi connectivity index (χ1) is 9.40. The van der Waals surface area contributed by atoms with Crippen LogP contribution in [0.25, 0.3) is 0 Å². The highest BCUT2D eigenvalue weighted by molar-refractivity contribution is 7.89. The molecule has 1 aromatic rings. The van der Waals surface area contributed by atoms with Crippen LogP contribution in [0.3, 0.4) is 0 Å². The van der Waals surface area contributed by atoms with E-state index in [0.717, 1.165) is 12.6 Å². The summed E-state index contributed by atoms with van der Waals surface area (Å²) in [5.41, 5.74) is 0.547. The Hall–Kier alpha value is -1.02. The van der Waals surface area contributed by atoms with Crippen molar-refractivity contribution >= 4 is 10.0 Å². The number of hydrogen-bond donors (Lipinski definition) is 2. The van der Waals surface area contributed by atoms with E-state index in [-0.39, 0.29) is 4.90 Å². The van der Waals surface area contributed by atoms with Gasteiger partial charge in [-0.25, -0.2) is 17.5 Å². The fourth-order valence-corrected chi connectivity index (χ4v) is 2.99. The van der Waals surface area contributed by atoms with E-state index >= 15 is 0 Å². The summed E-state index contributed by atoms with van der Waals surface area (Å²) in [7, 11) is -0.0788. The summed E-state index contributed by atoms with van der Waals surface area (Å²) in [6.45, 7) is 4.10. The molecule has 0 aliphatic carbocycles. The number of nitrogens with zero attached hydrogens (tertiary/aromatic N) is 1. The molecule has 0 atom stereocenters. The maximum Gasteiger partial charge on any atom is 0.241 e. The number of likely N-dealkylation sites (N-methyl/N-ethyl adjacent to an activating group) is 1. The van der Waals surface area contributed by atoms with E-state index in [1.54, 1.807) is 7.05 Å². The van der Waals surface area contributed by atoms with Crippen LogP contribution in [0.2, 0.25) is 0 Å². The van der Waals surface area contributed by atoms with Crippen LogP contribution >= 0.6 is 0 Å². The SMILES string of the molecule is CCN(C)CCNS(=O)(=O)c1cc(F)ccc1CNC. The van der Waals surface area contributed by atoms with Crippen LogP contribution in [-0.2, 0) is 16.6 Å². The zero-order valence-electron chi connectivity index (χ0n) is 12.1. The van der Waals surface area contributed by atoms with Gasteiger partial charge in [0.15, 0.2) is 0 Å². The number of benzene rings is 1. The molecule has 0 aliphatic rings. The molecule has 2 N–H and O–H groups in total. The molecule has 1 rings (SSSR count). The molecule has 0 radical (unpaired) electrons. The molecule has 0 amide bonds. The van der Waals surface area contributed by atoms with Crippen molar-refractivity contribution in [3.8, 4) is 0 Å². The van der Waals surface area contributed by atoms with Gasteiger partial charge in [-0.05, 0) is 38.3 Å². The minimum absolute atomic E-state index is 0.00833. The summed E-state index contributed by atoms with van der Waals surface area (Å²) >= 11 is 0. The minimum Gasteiger partial charge on any atom is -0.316 e. The molecule has 0 aliphatic heterocycles. The van der Waals surface area contributed by atoms with Crippen LogP contribution < -0.4 is 10.0 Å². The molecule has 5 nitrogen and oxygen atoms in total. The van der Waals surface area contributed by atoms with E-state index in [1.165, 1.54) is 12.1 Å². The predicted molar refractivity (Wildman–Crippen MR) is 77.5 cm³/mol. The smallest absolute Gasteiger partial charge is 0.241 e. The number of hydrogen-bond acceptors (Lipinski definition) is 4. The highest BCUT2D eigenvalue weighted by Gasteiger charge is 2.18. The Kier molecular flexibility index (Phi) is 6.54. The number of rotatable bonds is 8. The van der Waals surface area contributed by atoms with Gasteiger partial charge in [0.2, 0.25) is 10.0 Å². The van der Waals surface area contributed by atoms with Crippen molar-refractivity contribution < 1.29 is 12.8 Å². The molecule has 0 unspecified atom stereocenters. The summed E-state index contributed by atoms with van der Waals surface area (Å²) in [6.07, 6.45) is 0. The minimum atomic E-state index is -3.70. The van der Waals surface area contributed by atoms with Gasteiger partial charge < -0.3 is 10.2 Å². The molecular weight excluding hydrogens is 281 g/mol. The van der Waals surface area contributed by atoms with Crippen LogP contribution in [0.15, 0.2) is 23.1 Å². The Balaban J connectivity index is 2.88. The first-order valence-corrected chi connectivity index (χ1v) is 8.00. The second-order valence-corrected chi connectivity index (χ2v) is 6.31. The second kappa shape index (κ2) is 7.68. The van der Waals surface area contributed by atoms with E-state index in [4.69, 9.17) is 0 Å². The van der Waals surface area contributed by atoms with E-state index < -0.39 is 15.8 Å². The highest BCUT2D eigenvalue weighted by Crippen LogP contribution is 2.17. The summed E-state index contributed by atoms with van der Waals surface area (Å²) in [5.74, 6) is -0.559. The summed E-state index contributed by atoms with van der Waals surface area (Å²) in [5, 5.41) is 2.88. The third-order valence-electron chi connectivity index (χ3n) is 3.01. The lowest BCUT2D eigenvalue weighted by Gasteiger charge is -2.15. The van der Waals surface area contributed by atoms with E-state index in [1.807, 2.05) is 18.9 Å². The average molecular weight is 303 g/mol. The van der Waals surface area contributed by atoms with Gasteiger partial charge in [-0.15, -0.1) is 0 Å². The fraction of sp³-hybridized carbons (Fsp3) is 0.538. The molecule has 0 heterocycles. The molecule has 20 heavy (non-hydrogen) atoms. The van der Waals surface area contributed by atoms with Gasteiger partial charge in [0.25, 0.3) is 0 Å². The first kappa shape index (κ1) is 17.0. The summed E-state index contributed by atoms with van der Waals surface area (Å²) in [4.78, 5) is 1.98. The van der Waals surface area contributed by atoms with Gasteiger partial charge in [-0.1, -0.05) is 13.0 Å². The second-order valence-electron chi connectivity index (χ2n) is 4.58. The van der Waals surface area contributed by atoms with Crippen molar-refractivity contribution in [3.63, 3.8) is 0 Å². The van der Waals surface area contributed by atoms with Crippen LogP contribution in [0.1, 0.15) is 12.5 Å². The molecule has 0 saturated heterocycles. The lowest BCUT2D eigenvalue weighted by Crippen LogP contribution is -2.33. The van der Waals surface area contributed by atoms with Crippen LogP contribution in [0.5, 0.6) is 0 Å². The molecule has 1 aromatic carbocycles. The fourth-order valence-electron chi connectivity index (χ4n) is 1.72. The van der Waals surface area contributed by atoms with Crippen molar-refractivity contribution in [1.29, 1.82) is 0 Å². The van der Waals surface area contributed by atoms with Crippen LogP contribution in [0.4, 0.5) is 4.39 Å². The lowest BCUT2D eigenvalue weighted by molar-refractivity contribution is 0.358. The quantitative estimate of drug-likeness (QED) is 0.745. The normalized spacial score (nSPS) is 12.1. The summed E-state index contributed by atoms with van der Waals surface area (Å²) in [6, 6.07) is 3.80. The topological polar surface area (TPSA) is 61.4 Å². The number of sulfonamides is 1. The van der Waals surface area contributed by atoms with Crippen molar-refractivity contribution in [3.05, 3.63) is 29.6 Å². The molecule has 0 bridgehead atoms. The van der Waals surface area contributed by atoms with Crippen LogP contribution in [-0.4, -0.2) is 47.0 Å². The zero-order chi connectivity index (χ0) is 15.2. The molecule has 0 spiro atoms. The third kappa shape index (κ3) is 4.82.